The maximum Gasteiger partial charge on any atom is 0.244 e. The van der Waals surface area contributed by atoms with Crippen molar-refractivity contribution >= 4 is 29.4 Å². The van der Waals surface area contributed by atoms with E-state index in [-0.39, 0.29) is 5.91 Å². The molecule has 0 aliphatic carbocycles. The lowest BCUT2D eigenvalue weighted by atomic mass is 9.98. The summed E-state index contributed by atoms with van der Waals surface area (Å²) >= 11 is 1.65. The van der Waals surface area contributed by atoms with Gasteiger partial charge in [-0.05, 0) is 56.1 Å². The van der Waals surface area contributed by atoms with Crippen LogP contribution in [0.1, 0.15) is 18.5 Å². The SMILES string of the molecule is O=C(C=CC1=Cc2cnc3cccc(n23)S1)NCC1CCNCC1. The molecule has 5 nitrogen and oxygen atoms in total. The lowest BCUT2D eigenvalue weighted by Crippen LogP contribution is -2.35. The van der Waals surface area contributed by atoms with Crippen molar-refractivity contribution < 1.29 is 4.79 Å². The third-order valence-electron chi connectivity index (χ3n) is 4.46. The molecule has 1 fully saturated rings. The van der Waals surface area contributed by atoms with E-state index in [0.717, 1.165) is 53.7 Å². The van der Waals surface area contributed by atoms with Crippen molar-refractivity contribution in [1.82, 2.24) is 20.0 Å². The van der Waals surface area contributed by atoms with Gasteiger partial charge in [0, 0.05) is 17.5 Å². The van der Waals surface area contributed by atoms with Gasteiger partial charge < -0.3 is 10.6 Å². The van der Waals surface area contributed by atoms with E-state index in [4.69, 9.17) is 0 Å². The molecule has 0 spiro atoms. The number of carbonyl (C=O) groups is 1. The molecule has 1 saturated heterocycles. The number of rotatable bonds is 4. The van der Waals surface area contributed by atoms with Crippen molar-refractivity contribution in [2.45, 2.75) is 17.9 Å². The number of carbonyl (C=O) groups excluding carboxylic acids is 1. The van der Waals surface area contributed by atoms with Crippen LogP contribution >= 0.6 is 11.8 Å². The largest absolute Gasteiger partial charge is 0.352 e. The van der Waals surface area contributed by atoms with E-state index >= 15 is 0 Å². The maximum atomic E-state index is 12.0. The molecule has 0 saturated carbocycles. The Labute approximate surface area is 145 Å². The van der Waals surface area contributed by atoms with E-state index in [2.05, 4.69) is 32.2 Å². The van der Waals surface area contributed by atoms with Gasteiger partial charge in [-0.25, -0.2) is 4.98 Å². The first-order valence-corrected chi connectivity index (χ1v) is 9.14. The highest BCUT2D eigenvalue weighted by molar-refractivity contribution is 8.03. The summed E-state index contributed by atoms with van der Waals surface area (Å²) in [5, 5.41) is 7.48. The number of allylic oxidation sites excluding steroid dienone is 1. The summed E-state index contributed by atoms with van der Waals surface area (Å²) in [4.78, 5) is 17.5. The van der Waals surface area contributed by atoms with Gasteiger partial charge in [0.05, 0.1) is 16.9 Å². The average Bonchev–Trinajstić information content (AvgIpc) is 3.04. The molecule has 2 aromatic rings. The van der Waals surface area contributed by atoms with Crippen molar-refractivity contribution in [2.24, 2.45) is 5.92 Å². The Kier molecular flexibility index (Phi) is 4.40. The average molecular weight is 340 g/mol. The second-order valence-electron chi connectivity index (χ2n) is 6.16. The first-order chi connectivity index (χ1) is 11.8. The Morgan fingerprint density at radius 3 is 3.17 bits per heavy atom. The zero-order chi connectivity index (χ0) is 16.4. The number of nitrogens with one attached hydrogen (secondary N) is 2. The summed E-state index contributed by atoms with van der Waals surface area (Å²) in [6.45, 7) is 2.88. The third-order valence-corrected chi connectivity index (χ3v) is 5.47. The number of amides is 1. The minimum Gasteiger partial charge on any atom is -0.352 e. The number of imidazole rings is 1. The van der Waals surface area contributed by atoms with E-state index < -0.39 is 0 Å². The number of aromatic nitrogens is 2. The lowest BCUT2D eigenvalue weighted by molar-refractivity contribution is -0.116. The highest BCUT2D eigenvalue weighted by atomic mass is 32.2. The van der Waals surface area contributed by atoms with E-state index in [1.54, 1.807) is 17.8 Å². The lowest BCUT2D eigenvalue weighted by Gasteiger charge is -2.22. The molecular formula is C18H20N4OS. The third kappa shape index (κ3) is 3.25. The van der Waals surface area contributed by atoms with E-state index in [9.17, 15) is 4.79 Å². The van der Waals surface area contributed by atoms with Gasteiger partial charge in [0.25, 0.3) is 0 Å². The molecule has 6 heteroatoms. The minimum atomic E-state index is -0.0210. The molecule has 2 aliphatic heterocycles. The van der Waals surface area contributed by atoms with Crippen LogP contribution in [0.15, 0.2) is 46.5 Å². The first-order valence-electron chi connectivity index (χ1n) is 8.32. The fraction of sp³-hybridized carbons (Fsp3) is 0.333. The quantitative estimate of drug-likeness (QED) is 0.840. The van der Waals surface area contributed by atoms with Crippen LogP contribution in [-0.4, -0.2) is 34.9 Å². The monoisotopic (exact) mass is 340 g/mol. The van der Waals surface area contributed by atoms with E-state index in [1.165, 1.54) is 0 Å². The van der Waals surface area contributed by atoms with Crippen LogP contribution < -0.4 is 10.6 Å². The van der Waals surface area contributed by atoms with Crippen LogP contribution in [0.2, 0.25) is 0 Å². The molecule has 2 N–H and O–H groups in total. The van der Waals surface area contributed by atoms with Crippen molar-refractivity contribution in [1.29, 1.82) is 0 Å². The van der Waals surface area contributed by atoms with E-state index in [0.29, 0.717) is 5.92 Å². The number of thioether (sulfide) groups is 1. The number of pyridine rings is 1. The standard InChI is InChI=1S/C18H20N4OS/c23-17(21-11-13-6-8-19-9-7-13)5-4-15-10-14-12-20-16-2-1-3-18(24-15)22(14)16/h1-5,10,12-13,19H,6-9,11H2,(H,21,23). The van der Waals surface area contributed by atoms with Crippen molar-refractivity contribution in [3.05, 3.63) is 47.1 Å². The fourth-order valence-corrected chi connectivity index (χ4v) is 4.13. The normalized spacial score (nSPS) is 18.1. The van der Waals surface area contributed by atoms with Crippen LogP contribution in [0.5, 0.6) is 0 Å². The molecule has 4 heterocycles. The fourth-order valence-electron chi connectivity index (χ4n) is 3.14. The van der Waals surface area contributed by atoms with Crippen LogP contribution in [0, 0.1) is 5.92 Å². The van der Waals surface area contributed by atoms with Crippen LogP contribution in [0.25, 0.3) is 11.7 Å². The highest BCUT2D eigenvalue weighted by Gasteiger charge is 2.15. The molecule has 0 atom stereocenters. The van der Waals surface area contributed by atoms with Crippen LogP contribution in [-0.2, 0) is 4.79 Å². The smallest absolute Gasteiger partial charge is 0.244 e. The summed E-state index contributed by atoms with van der Waals surface area (Å²) in [6, 6.07) is 6.07. The Morgan fingerprint density at radius 2 is 2.29 bits per heavy atom. The molecular weight excluding hydrogens is 320 g/mol. The Hall–Kier alpha value is -2.05. The molecule has 2 aromatic heterocycles. The molecule has 0 unspecified atom stereocenters. The van der Waals surface area contributed by atoms with Gasteiger partial charge in [0.15, 0.2) is 0 Å². The maximum absolute atomic E-state index is 12.0. The first kappa shape index (κ1) is 15.5. The Bertz CT molecular complexity index is 818. The van der Waals surface area contributed by atoms with Crippen molar-refractivity contribution in [2.75, 3.05) is 19.6 Å². The summed E-state index contributed by atoms with van der Waals surface area (Å²) in [5.74, 6) is 0.575. The number of nitrogens with zero attached hydrogens (tertiary/aromatic N) is 2. The van der Waals surface area contributed by atoms with Gasteiger partial charge in [0.2, 0.25) is 5.91 Å². The van der Waals surface area contributed by atoms with Gasteiger partial charge in [-0.3, -0.25) is 9.20 Å². The molecule has 124 valence electrons. The highest BCUT2D eigenvalue weighted by Crippen LogP contribution is 2.34. The topological polar surface area (TPSA) is 58.4 Å². The zero-order valence-corrected chi connectivity index (χ0v) is 14.2. The molecule has 2 aliphatic rings. The molecule has 0 bridgehead atoms. The van der Waals surface area contributed by atoms with Crippen molar-refractivity contribution in [3.63, 3.8) is 0 Å². The number of piperidine rings is 1. The molecule has 0 radical (unpaired) electrons. The van der Waals surface area contributed by atoms with Gasteiger partial charge >= 0.3 is 0 Å². The Morgan fingerprint density at radius 1 is 1.42 bits per heavy atom. The molecule has 1 amide bonds. The molecule has 24 heavy (non-hydrogen) atoms. The second kappa shape index (κ2) is 6.83. The summed E-state index contributed by atoms with van der Waals surface area (Å²) in [7, 11) is 0. The summed E-state index contributed by atoms with van der Waals surface area (Å²) < 4.78 is 2.12. The van der Waals surface area contributed by atoms with Crippen LogP contribution in [0.4, 0.5) is 0 Å². The second-order valence-corrected chi connectivity index (χ2v) is 7.26. The summed E-state index contributed by atoms with van der Waals surface area (Å²) in [6.07, 6.45) is 9.72. The summed E-state index contributed by atoms with van der Waals surface area (Å²) in [5.41, 5.74) is 2.00. The number of hydrogen-bond donors (Lipinski definition) is 2. The van der Waals surface area contributed by atoms with Gasteiger partial charge in [-0.1, -0.05) is 17.8 Å². The van der Waals surface area contributed by atoms with Gasteiger partial charge in [-0.2, -0.15) is 0 Å². The molecule has 0 aromatic carbocycles. The minimum absolute atomic E-state index is 0.0210. The van der Waals surface area contributed by atoms with E-state index in [1.807, 2.05) is 24.4 Å². The van der Waals surface area contributed by atoms with Crippen LogP contribution in [0.3, 0.4) is 0 Å². The predicted octanol–water partition coefficient (Wildman–Crippen LogP) is 2.45. The van der Waals surface area contributed by atoms with Gasteiger partial charge in [0.1, 0.15) is 5.65 Å². The van der Waals surface area contributed by atoms with Crippen molar-refractivity contribution in [3.8, 4) is 0 Å². The zero-order valence-electron chi connectivity index (χ0n) is 13.4. The number of hydrogen-bond acceptors (Lipinski definition) is 4. The molecule has 4 rings (SSSR count). The predicted molar refractivity (Wildman–Crippen MR) is 96.8 cm³/mol. The Balaban J connectivity index is 1.39. The van der Waals surface area contributed by atoms with Gasteiger partial charge in [-0.15, -0.1) is 0 Å².